The average molecular weight is 485 g/mol. The van der Waals surface area contributed by atoms with E-state index in [0.717, 1.165) is 37.4 Å². The molecule has 0 aromatic heterocycles. The summed E-state index contributed by atoms with van der Waals surface area (Å²) >= 11 is 6.01. The fourth-order valence-corrected chi connectivity index (χ4v) is 4.43. The molecule has 0 saturated carbocycles. The second-order valence-corrected chi connectivity index (χ2v) is 8.60. The molecule has 180 valence electrons. The van der Waals surface area contributed by atoms with E-state index in [-0.39, 0.29) is 12.6 Å². The van der Waals surface area contributed by atoms with Crippen molar-refractivity contribution >= 4 is 29.3 Å². The number of carbonyl (C=O) groups is 2. The van der Waals surface area contributed by atoms with Crippen LogP contribution in [0.4, 0.5) is 10.5 Å². The molecule has 0 bridgehead atoms. The molecule has 1 atom stereocenters. The van der Waals surface area contributed by atoms with Crippen LogP contribution in [0.5, 0.6) is 5.75 Å². The van der Waals surface area contributed by atoms with Gasteiger partial charge >= 0.3 is 12.0 Å². The summed E-state index contributed by atoms with van der Waals surface area (Å²) in [5.41, 5.74) is 2.86. The maximum absolute atomic E-state index is 13.0. The highest BCUT2D eigenvalue weighted by Crippen LogP contribution is 2.30. The van der Waals surface area contributed by atoms with Crippen LogP contribution in [0.2, 0.25) is 5.02 Å². The van der Waals surface area contributed by atoms with Crippen LogP contribution in [0, 0.1) is 0 Å². The third-order valence-electron chi connectivity index (χ3n) is 6.02. The smallest absolute Gasteiger partial charge is 0.338 e. The van der Waals surface area contributed by atoms with E-state index in [9.17, 15) is 9.59 Å². The molecule has 9 heteroatoms. The lowest BCUT2D eigenvalue weighted by molar-refractivity contribution is -0.139. The summed E-state index contributed by atoms with van der Waals surface area (Å²) in [6.07, 6.45) is 0. The summed E-state index contributed by atoms with van der Waals surface area (Å²) in [6.45, 7) is 5.68. The zero-order chi connectivity index (χ0) is 24.1. The first-order valence-electron chi connectivity index (χ1n) is 11.3. The molecule has 2 aliphatic rings. The van der Waals surface area contributed by atoms with E-state index < -0.39 is 12.0 Å². The van der Waals surface area contributed by atoms with Gasteiger partial charge in [-0.05, 0) is 48.9 Å². The Morgan fingerprint density at radius 1 is 1.12 bits per heavy atom. The van der Waals surface area contributed by atoms with Crippen molar-refractivity contribution in [2.75, 3.05) is 51.3 Å². The SMILES string of the molecule is CCOC(=O)C1=C(CN2CCN(c3ccc(Cl)cc3)CC2)NC(=O)NC1c1cccc(OC)c1. The molecule has 2 aromatic carbocycles. The maximum Gasteiger partial charge on any atom is 0.338 e. The van der Waals surface area contributed by atoms with Gasteiger partial charge in [0.05, 0.1) is 25.3 Å². The molecule has 0 spiro atoms. The zero-order valence-electron chi connectivity index (χ0n) is 19.3. The monoisotopic (exact) mass is 484 g/mol. The molecule has 4 rings (SSSR count). The van der Waals surface area contributed by atoms with Crippen LogP contribution in [0.15, 0.2) is 59.8 Å². The van der Waals surface area contributed by atoms with Gasteiger partial charge in [-0.25, -0.2) is 9.59 Å². The van der Waals surface area contributed by atoms with E-state index in [1.807, 2.05) is 48.5 Å². The molecule has 2 heterocycles. The minimum absolute atomic E-state index is 0.244. The highest BCUT2D eigenvalue weighted by atomic mass is 35.5. The molecular formula is C25H29ClN4O4. The third-order valence-corrected chi connectivity index (χ3v) is 6.27. The first-order chi connectivity index (χ1) is 16.5. The number of piperazine rings is 1. The molecule has 34 heavy (non-hydrogen) atoms. The van der Waals surface area contributed by atoms with Crippen LogP contribution in [0.25, 0.3) is 0 Å². The number of halogens is 1. The van der Waals surface area contributed by atoms with Gasteiger partial charge in [-0.1, -0.05) is 23.7 Å². The van der Waals surface area contributed by atoms with Crippen molar-refractivity contribution in [3.63, 3.8) is 0 Å². The van der Waals surface area contributed by atoms with E-state index in [4.69, 9.17) is 21.1 Å². The lowest BCUT2D eigenvalue weighted by Gasteiger charge is -2.38. The summed E-state index contributed by atoms with van der Waals surface area (Å²) in [7, 11) is 1.58. The third kappa shape index (κ3) is 5.46. The number of urea groups is 1. The fraction of sp³-hybridized carbons (Fsp3) is 0.360. The molecule has 1 fully saturated rings. The van der Waals surface area contributed by atoms with E-state index >= 15 is 0 Å². The van der Waals surface area contributed by atoms with E-state index in [2.05, 4.69) is 20.4 Å². The van der Waals surface area contributed by atoms with Crippen LogP contribution >= 0.6 is 11.6 Å². The van der Waals surface area contributed by atoms with Gasteiger partial charge in [-0.3, -0.25) is 4.90 Å². The van der Waals surface area contributed by atoms with E-state index in [0.29, 0.717) is 28.6 Å². The number of rotatable bonds is 7. The molecule has 1 unspecified atom stereocenters. The van der Waals surface area contributed by atoms with E-state index in [1.54, 1.807) is 14.0 Å². The van der Waals surface area contributed by atoms with Crippen molar-refractivity contribution in [3.05, 3.63) is 70.4 Å². The second-order valence-electron chi connectivity index (χ2n) is 8.16. The second kappa shape index (κ2) is 10.8. The standard InChI is InChI=1S/C25H29ClN4O4/c1-3-34-24(31)22-21(27-25(32)28-23(22)17-5-4-6-20(15-17)33-2)16-29-11-13-30(14-12-29)19-9-7-18(26)8-10-19/h4-10,15,23H,3,11-14,16H2,1-2H3,(H2,27,28,32). The Hall–Kier alpha value is -3.23. The molecule has 2 amide bonds. The quantitative estimate of drug-likeness (QED) is 0.586. The van der Waals surface area contributed by atoms with Crippen molar-refractivity contribution in [1.82, 2.24) is 15.5 Å². The summed E-state index contributed by atoms with van der Waals surface area (Å²) in [5, 5.41) is 6.45. The van der Waals surface area contributed by atoms with Gasteiger partial charge in [-0.15, -0.1) is 0 Å². The average Bonchev–Trinajstić information content (AvgIpc) is 2.85. The molecule has 2 N–H and O–H groups in total. The number of carbonyl (C=O) groups excluding carboxylic acids is 2. The Bertz CT molecular complexity index is 1060. The summed E-state index contributed by atoms with van der Waals surface area (Å²) in [5.74, 6) is 0.200. The predicted molar refractivity (Wildman–Crippen MR) is 131 cm³/mol. The predicted octanol–water partition coefficient (Wildman–Crippen LogP) is 3.34. The van der Waals surface area contributed by atoms with Crippen molar-refractivity contribution in [1.29, 1.82) is 0 Å². The summed E-state index contributed by atoms with van der Waals surface area (Å²) < 4.78 is 10.7. The topological polar surface area (TPSA) is 83.1 Å². The Morgan fingerprint density at radius 3 is 2.53 bits per heavy atom. The molecule has 8 nitrogen and oxygen atoms in total. The lowest BCUT2D eigenvalue weighted by atomic mass is 9.94. The summed E-state index contributed by atoms with van der Waals surface area (Å²) in [6, 6.07) is 14.2. The van der Waals surface area contributed by atoms with Crippen LogP contribution in [0.3, 0.4) is 0 Å². The summed E-state index contributed by atoms with van der Waals surface area (Å²) in [4.78, 5) is 30.1. The van der Waals surface area contributed by atoms with Crippen LogP contribution in [-0.4, -0.2) is 63.3 Å². The highest BCUT2D eigenvalue weighted by molar-refractivity contribution is 6.30. The number of hydrogen-bond acceptors (Lipinski definition) is 6. The molecule has 2 aromatic rings. The molecule has 0 radical (unpaired) electrons. The lowest BCUT2D eigenvalue weighted by Crippen LogP contribution is -2.51. The number of hydrogen-bond donors (Lipinski definition) is 2. The molecule has 0 aliphatic carbocycles. The van der Waals surface area contributed by atoms with Gasteiger partial charge in [0, 0.05) is 49.1 Å². The molecule has 2 aliphatic heterocycles. The van der Waals surface area contributed by atoms with Crippen LogP contribution < -0.4 is 20.3 Å². The number of nitrogens with one attached hydrogen (secondary N) is 2. The van der Waals surface area contributed by atoms with Crippen molar-refractivity contribution in [2.24, 2.45) is 0 Å². The first kappa shape index (κ1) is 23.9. The number of anilines is 1. The number of nitrogens with zero attached hydrogens (tertiary/aromatic N) is 2. The van der Waals surface area contributed by atoms with Crippen molar-refractivity contribution < 1.29 is 19.1 Å². The van der Waals surface area contributed by atoms with Gasteiger partial charge in [0.2, 0.25) is 0 Å². The van der Waals surface area contributed by atoms with Crippen LogP contribution in [-0.2, 0) is 9.53 Å². The zero-order valence-corrected chi connectivity index (χ0v) is 20.1. The van der Waals surface area contributed by atoms with Gasteiger partial charge in [0.1, 0.15) is 5.75 Å². The Morgan fingerprint density at radius 2 is 1.85 bits per heavy atom. The molecule has 1 saturated heterocycles. The normalized spacial score (nSPS) is 18.9. The van der Waals surface area contributed by atoms with Gasteiger partial charge in [0.25, 0.3) is 0 Å². The van der Waals surface area contributed by atoms with E-state index in [1.165, 1.54) is 0 Å². The number of amides is 2. The van der Waals surface area contributed by atoms with Gasteiger partial charge in [-0.2, -0.15) is 0 Å². The Labute approximate surface area is 204 Å². The number of ether oxygens (including phenoxy) is 2. The first-order valence-corrected chi connectivity index (χ1v) is 11.7. The number of methoxy groups -OCH3 is 1. The molecular weight excluding hydrogens is 456 g/mol. The van der Waals surface area contributed by atoms with Gasteiger partial charge in [0.15, 0.2) is 0 Å². The van der Waals surface area contributed by atoms with Crippen molar-refractivity contribution in [2.45, 2.75) is 13.0 Å². The largest absolute Gasteiger partial charge is 0.497 e. The maximum atomic E-state index is 13.0. The van der Waals surface area contributed by atoms with Gasteiger partial charge < -0.3 is 25.0 Å². The van der Waals surface area contributed by atoms with Crippen molar-refractivity contribution in [3.8, 4) is 5.75 Å². The fourth-order valence-electron chi connectivity index (χ4n) is 4.30. The highest BCUT2D eigenvalue weighted by Gasteiger charge is 2.35. The Balaban J connectivity index is 1.56. The number of benzene rings is 2. The minimum atomic E-state index is -0.631. The van der Waals surface area contributed by atoms with Crippen LogP contribution in [0.1, 0.15) is 18.5 Å². The minimum Gasteiger partial charge on any atom is -0.497 e. The number of esters is 1. The Kier molecular flexibility index (Phi) is 7.59.